The predicted molar refractivity (Wildman–Crippen MR) is 70.0 cm³/mol. The van der Waals surface area contributed by atoms with Crippen molar-refractivity contribution in [3.63, 3.8) is 0 Å². The van der Waals surface area contributed by atoms with E-state index in [9.17, 15) is 9.59 Å². The lowest BCUT2D eigenvalue weighted by Gasteiger charge is -2.05. The van der Waals surface area contributed by atoms with E-state index in [4.69, 9.17) is 0 Å². The van der Waals surface area contributed by atoms with Crippen LogP contribution < -0.4 is 0 Å². The Morgan fingerprint density at radius 3 is 2.37 bits per heavy atom. The molecule has 0 radical (unpaired) electrons. The Labute approximate surface area is 110 Å². The van der Waals surface area contributed by atoms with Crippen LogP contribution in [0.5, 0.6) is 0 Å². The Balaban J connectivity index is 1.87. The molecule has 0 amide bonds. The molecule has 1 aliphatic heterocycles. The van der Waals surface area contributed by atoms with Crippen LogP contribution in [0, 0.1) is 0 Å². The molecule has 94 valence electrons. The molecule has 0 aliphatic carbocycles. The molecule has 3 rings (SSSR count). The minimum absolute atomic E-state index is 0.385. The molecule has 0 atom stereocenters. The predicted octanol–water partition coefficient (Wildman–Crippen LogP) is 2.78. The summed E-state index contributed by atoms with van der Waals surface area (Å²) in [7, 11) is 0. The lowest BCUT2D eigenvalue weighted by atomic mass is 9.97. The second-order valence-corrected chi connectivity index (χ2v) is 4.50. The van der Waals surface area contributed by atoms with Crippen LogP contribution in [0.4, 0.5) is 0 Å². The molecule has 0 N–H and O–H groups in total. The van der Waals surface area contributed by atoms with Gasteiger partial charge in [-0.2, -0.15) is 0 Å². The summed E-state index contributed by atoms with van der Waals surface area (Å²) in [5.41, 5.74) is 2.90. The summed E-state index contributed by atoms with van der Waals surface area (Å²) in [6.45, 7) is 0. The molecule has 0 aromatic heterocycles. The smallest absolute Gasteiger partial charge is 0.347 e. The molecule has 0 saturated heterocycles. The Hall–Kier alpha value is -2.42. The number of esters is 2. The number of hydrogen-bond acceptors (Lipinski definition) is 3. The van der Waals surface area contributed by atoms with Gasteiger partial charge in [0, 0.05) is 0 Å². The van der Waals surface area contributed by atoms with Crippen molar-refractivity contribution in [2.45, 2.75) is 12.8 Å². The number of carbonyl (C=O) groups is 2. The lowest BCUT2D eigenvalue weighted by Crippen LogP contribution is -2.02. The van der Waals surface area contributed by atoms with E-state index >= 15 is 0 Å². The van der Waals surface area contributed by atoms with Crippen molar-refractivity contribution in [1.29, 1.82) is 0 Å². The number of fused-ring (bicyclic) bond motifs is 1. The van der Waals surface area contributed by atoms with Gasteiger partial charge in [-0.15, -0.1) is 0 Å². The fourth-order valence-electron chi connectivity index (χ4n) is 2.33. The van der Waals surface area contributed by atoms with Crippen LogP contribution in [0.1, 0.15) is 31.8 Å². The maximum Gasteiger partial charge on any atom is 0.347 e. The second-order valence-electron chi connectivity index (χ2n) is 4.50. The summed E-state index contributed by atoms with van der Waals surface area (Å²) in [5, 5.41) is 0. The molecule has 2 aromatic carbocycles. The summed E-state index contributed by atoms with van der Waals surface area (Å²) in [6.07, 6.45) is 1.55. The van der Waals surface area contributed by atoms with Crippen LogP contribution >= 0.6 is 0 Å². The summed E-state index contributed by atoms with van der Waals surface area (Å²) in [4.78, 5) is 23.1. The molecule has 3 heteroatoms. The van der Waals surface area contributed by atoms with Crippen LogP contribution in [0.3, 0.4) is 0 Å². The van der Waals surface area contributed by atoms with E-state index in [1.165, 1.54) is 5.56 Å². The van der Waals surface area contributed by atoms with Gasteiger partial charge in [0.15, 0.2) is 0 Å². The van der Waals surface area contributed by atoms with Crippen molar-refractivity contribution in [2.75, 3.05) is 0 Å². The Morgan fingerprint density at radius 2 is 1.58 bits per heavy atom. The van der Waals surface area contributed by atoms with Gasteiger partial charge in [-0.05, 0) is 30.0 Å². The van der Waals surface area contributed by atoms with Crippen molar-refractivity contribution >= 4 is 11.9 Å². The highest BCUT2D eigenvalue weighted by Crippen LogP contribution is 2.24. The molecule has 0 saturated carbocycles. The molecule has 0 unspecified atom stereocenters. The van der Waals surface area contributed by atoms with Gasteiger partial charge in [-0.25, -0.2) is 9.59 Å². The maximum absolute atomic E-state index is 11.7. The molecule has 3 nitrogen and oxygen atoms in total. The molecule has 0 spiro atoms. The van der Waals surface area contributed by atoms with E-state index in [-0.39, 0.29) is 0 Å². The molecule has 1 heterocycles. The summed E-state index contributed by atoms with van der Waals surface area (Å²) in [5.74, 6) is -1.06. The number of cyclic esters (lactones) is 2. The van der Waals surface area contributed by atoms with E-state index in [2.05, 4.69) is 4.74 Å². The number of aryl methyl sites for hydroxylation is 2. The van der Waals surface area contributed by atoms with Crippen LogP contribution in [-0.2, 0) is 17.6 Å². The third-order valence-electron chi connectivity index (χ3n) is 3.29. The van der Waals surface area contributed by atoms with Gasteiger partial charge in [0.05, 0.1) is 11.1 Å². The molecule has 1 aliphatic rings. The minimum Gasteiger partial charge on any atom is -0.386 e. The average molecular weight is 252 g/mol. The van der Waals surface area contributed by atoms with E-state index in [0.29, 0.717) is 11.1 Å². The van der Waals surface area contributed by atoms with Gasteiger partial charge >= 0.3 is 11.9 Å². The quantitative estimate of drug-likeness (QED) is 0.623. The summed E-state index contributed by atoms with van der Waals surface area (Å²) >= 11 is 0. The SMILES string of the molecule is O=C1OC(=O)c2c(CCc3ccccc3)cccc21. The van der Waals surface area contributed by atoms with Gasteiger partial charge in [0.2, 0.25) is 0 Å². The zero-order valence-corrected chi connectivity index (χ0v) is 10.3. The highest BCUT2D eigenvalue weighted by molar-refractivity contribution is 6.15. The van der Waals surface area contributed by atoms with Gasteiger partial charge in [0.1, 0.15) is 0 Å². The third-order valence-corrected chi connectivity index (χ3v) is 3.29. The third kappa shape index (κ3) is 2.15. The highest BCUT2D eigenvalue weighted by Gasteiger charge is 2.31. The molecular formula is C16H12O3. The average Bonchev–Trinajstić information content (AvgIpc) is 2.74. The van der Waals surface area contributed by atoms with E-state index in [1.807, 2.05) is 36.4 Å². The van der Waals surface area contributed by atoms with Crippen LogP contribution in [0.2, 0.25) is 0 Å². The first-order valence-corrected chi connectivity index (χ1v) is 6.18. The van der Waals surface area contributed by atoms with Crippen molar-refractivity contribution in [3.8, 4) is 0 Å². The first kappa shape index (κ1) is 11.7. The number of hydrogen-bond donors (Lipinski definition) is 0. The Bertz CT molecular complexity index is 644. The number of carbonyl (C=O) groups excluding carboxylic acids is 2. The fraction of sp³-hybridized carbons (Fsp3) is 0.125. The van der Waals surface area contributed by atoms with Crippen molar-refractivity contribution < 1.29 is 14.3 Å². The standard InChI is InChI=1S/C16H12O3/c17-15-13-8-4-7-12(14(13)16(18)19-15)10-9-11-5-2-1-3-6-11/h1-8H,9-10H2. The second kappa shape index (κ2) is 4.69. The van der Waals surface area contributed by atoms with Gasteiger partial charge in [0.25, 0.3) is 0 Å². The van der Waals surface area contributed by atoms with E-state index in [1.54, 1.807) is 12.1 Å². The summed E-state index contributed by atoms with van der Waals surface area (Å²) < 4.78 is 4.65. The topological polar surface area (TPSA) is 43.4 Å². The molecule has 19 heavy (non-hydrogen) atoms. The van der Waals surface area contributed by atoms with Crippen LogP contribution in [0.25, 0.3) is 0 Å². The number of ether oxygens (including phenoxy) is 1. The molecule has 2 aromatic rings. The Morgan fingerprint density at radius 1 is 0.789 bits per heavy atom. The van der Waals surface area contributed by atoms with Crippen molar-refractivity contribution in [2.24, 2.45) is 0 Å². The maximum atomic E-state index is 11.7. The molecular weight excluding hydrogens is 240 g/mol. The van der Waals surface area contributed by atoms with Crippen molar-refractivity contribution in [1.82, 2.24) is 0 Å². The number of benzene rings is 2. The van der Waals surface area contributed by atoms with E-state index in [0.717, 1.165) is 18.4 Å². The Kier molecular flexibility index (Phi) is 2.88. The largest absolute Gasteiger partial charge is 0.386 e. The minimum atomic E-state index is -0.540. The van der Waals surface area contributed by atoms with Crippen LogP contribution in [-0.4, -0.2) is 11.9 Å². The molecule has 0 bridgehead atoms. The van der Waals surface area contributed by atoms with Crippen molar-refractivity contribution in [3.05, 3.63) is 70.8 Å². The first-order valence-electron chi connectivity index (χ1n) is 6.18. The zero-order valence-electron chi connectivity index (χ0n) is 10.3. The first-order chi connectivity index (χ1) is 9.25. The van der Waals surface area contributed by atoms with Gasteiger partial charge in [-0.1, -0.05) is 42.5 Å². The number of rotatable bonds is 3. The highest BCUT2D eigenvalue weighted by atomic mass is 16.6. The fourth-order valence-corrected chi connectivity index (χ4v) is 2.33. The lowest BCUT2D eigenvalue weighted by molar-refractivity contribution is 0.0443. The van der Waals surface area contributed by atoms with Gasteiger partial charge in [-0.3, -0.25) is 0 Å². The molecule has 0 fully saturated rings. The summed E-state index contributed by atoms with van der Waals surface area (Å²) in [6, 6.07) is 15.3. The zero-order chi connectivity index (χ0) is 13.2. The normalized spacial score (nSPS) is 13.3. The monoisotopic (exact) mass is 252 g/mol. The van der Waals surface area contributed by atoms with Crippen LogP contribution in [0.15, 0.2) is 48.5 Å². The van der Waals surface area contributed by atoms with Gasteiger partial charge < -0.3 is 4.74 Å². The van der Waals surface area contributed by atoms with E-state index < -0.39 is 11.9 Å².